The second-order valence-electron chi connectivity index (χ2n) is 6.15. The van der Waals surface area contributed by atoms with Gasteiger partial charge in [-0.3, -0.25) is 4.79 Å². The average molecular weight is 304 g/mol. The smallest absolute Gasteiger partial charge is 0.254 e. The summed E-state index contributed by atoms with van der Waals surface area (Å²) in [7, 11) is 0. The van der Waals surface area contributed by atoms with Gasteiger partial charge in [0.15, 0.2) is 0 Å². The van der Waals surface area contributed by atoms with Gasteiger partial charge in [0, 0.05) is 11.6 Å². The SMILES string of the molecule is O=C(Cl)c1cn2c3c(cccc13)OC[C@H]2C1CCCCC1. The van der Waals surface area contributed by atoms with Crippen molar-refractivity contribution in [3.63, 3.8) is 0 Å². The highest BCUT2D eigenvalue weighted by molar-refractivity contribution is 6.68. The fourth-order valence-electron chi connectivity index (χ4n) is 3.95. The number of benzene rings is 1. The van der Waals surface area contributed by atoms with Crippen LogP contribution in [-0.2, 0) is 0 Å². The van der Waals surface area contributed by atoms with Gasteiger partial charge < -0.3 is 9.30 Å². The first-order valence-corrected chi connectivity index (χ1v) is 8.09. The van der Waals surface area contributed by atoms with Gasteiger partial charge in [-0.15, -0.1) is 0 Å². The lowest BCUT2D eigenvalue weighted by Crippen LogP contribution is -2.29. The van der Waals surface area contributed by atoms with Gasteiger partial charge in [0.2, 0.25) is 0 Å². The minimum atomic E-state index is -0.389. The molecule has 0 unspecified atom stereocenters. The van der Waals surface area contributed by atoms with Crippen LogP contribution in [0.1, 0.15) is 48.5 Å². The first-order chi connectivity index (χ1) is 10.3. The molecule has 0 amide bonds. The molecule has 0 spiro atoms. The molecular weight excluding hydrogens is 286 g/mol. The van der Waals surface area contributed by atoms with Crippen molar-refractivity contribution in [3.05, 3.63) is 30.0 Å². The van der Waals surface area contributed by atoms with Crippen molar-refractivity contribution < 1.29 is 9.53 Å². The zero-order valence-corrected chi connectivity index (χ0v) is 12.6. The molecule has 2 heterocycles. The van der Waals surface area contributed by atoms with Crippen LogP contribution in [0.2, 0.25) is 0 Å². The Balaban J connectivity index is 1.86. The summed E-state index contributed by atoms with van der Waals surface area (Å²) in [6.07, 6.45) is 8.38. The molecule has 4 heteroatoms. The van der Waals surface area contributed by atoms with Crippen molar-refractivity contribution in [2.75, 3.05) is 6.61 Å². The Bertz CT molecular complexity index is 700. The van der Waals surface area contributed by atoms with Crippen LogP contribution in [0.25, 0.3) is 10.9 Å². The molecule has 4 rings (SSSR count). The Morgan fingerprint density at radius 3 is 2.81 bits per heavy atom. The van der Waals surface area contributed by atoms with E-state index in [1.54, 1.807) is 0 Å². The van der Waals surface area contributed by atoms with Gasteiger partial charge in [-0.1, -0.05) is 31.4 Å². The summed E-state index contributed by atoms with van der Waals surface area (Å²) in [5, 5.41) is 0.521. The van der Waals surface area contributed by atoms with Gasteiger partial charge in [0.25, 0.3) is 5.24 Å². The second kappa shape index (κ2) is 5.06. The molecule has 0 saturated heterocycles. The number of para-hydroxylation sites is 1. The quantitative estimate of drug-likeness (QED) is 0.763. The minimum Gasteiger partial charge on any atom is -0.489 e. The van der Waals surface area contributed by atoms with Crippen LogP contribution in [0, 0.1) is 5.92 Å². The van der Waals surface area contributed by atoms with Crippen molar-refractivity contribution in [1.82, 2.24) is 4.57 Å². The van der Waals surface area contributed by atoms with Crippen molar-refractivity contribution in [1.29, 1.82) is 0 Å². The van der Waals surface area contributed by atoms with Crippen LogP contribution >= 0.6 is 11.6 Å². The average Bonchev–Trinajstić information content (AvgIpc) is 2.91. The van der Waals surface area contributed by atoms with Gasteiger partial charge in [0.1, 0.15) is 12.4 Å². The second-order valence-corrected chi connectivity index (χ2v) is 6.50. The summed E-state index contributed by atoms with van der Waals surface area (Å²) in [4.78, 5) is 11.7. The van der Waals surface area contributed by atoms with Crippen LogP contribution < -0.4 is 4.74 Å². The molecule has 1 fully saturated rings. The van der Waals surface area contributed by atoms with Gasteiger partial charge in [0.05, 0.1) is 17.1 Å². The fraction of sp³-hybridized carbons (Fsp3) is 0.471. The maximum Gasteiger partial charge on any atom is 0.254 e. The highest BCUT2D eigenvalue weighted by atomic mass is 35.5. The third kappa shape index (κ3) is 2.06. The fourth-order valence-corrected chi connectivity index (χ4v) is 4.10. The largest absolute Gasteiger partial charge is 0.489 e. The molecule has 2 aliphatic rings. The molecule has 1 aliphatic carbocycles. The highest BCUT2D eigenvalue weighted by Gasteiger charge is 2.32. The number of halogens is 1. The molecule has 0 radical (unpaired) electrons. The topological polar surface area (TPSA) is 31.2 Å². The first kappa shape index (κ1) is 13.2. The molecule has 1 aliphatic heterocycles. The Morgan fingerprint density at radius 1 is 1.24 bits per heavy atom. The molecule has 21 heavy (non-hydrogen) atoms. The molecule has 110 valence electrons. The number of aromatic nitrogens is 1. The summed E-state index contributed by atoms with van der Waals surface area (Å²) >= 11 is 5.77. The Kier molecular flexibility index (Phi) is 3.18. The van der Waals surface area contributed by atoms with E-state index in [1.165, 1.54) is 32.1 Å². The molecule has 1 saturated carbocycles. The van der Waals surface area contributed by atoms with E-state index in [4.69, 9.17) is 16.3 Å². The van der Waals surface area contributed by atoms with Gasteiger partial charge in [-0.25, -0.2) is 0 Å². The van der Waals surface area contributed by atoms with Crippen molar-refractivity contribution >= 4 is 27.7 Å². The maximum atomic E-state index is 11.7. The molecule has 0 N–H and O–H groups in total. The number of rotatable bonds is 2. The third-order valence-corrected chi connectivity index (χ3v) is 5.19. The van der Waals surface area contributed by atoms with Crippen molar-refractivity contribution in [2.45, 2.75) is 38.1 Å². The summed E-state index contributed by atoms with van der Waals surface area (Å²) < 4.78 is 8.23. The predicted octanol–water partition coefficient (Wildman–Crippen LogP) is 4.53. The zero-order chi connectivity index (χ0) is 14.4. The van der Waals surface area contributed by atoms with E-state index < -0.39 is 0 Å². The number of carbonyl (C=O) groups is 1. The van der Waals surface area contributed by atoms with Gasteiger partial charge in [-0.05, 0) is 36.4 Å². The van der Waals surface area contributed by atoms with Crippen LogP contribution in [0.15, 0.2) is 24.4 Å². The monoisotopic (exact) mass is 303 g/mol. The van der Waals surface area contributed by atoms with E-state index in [9.17, 15) is 4.79 Å². The molecule has 3 nitrogen and oxygen atoms in total. The maximum absolute atomic E-state index is 11.7. The standard InChI is InChI=1S/C17H18ClNO2/c18-17(20)13-9-19-14(11-5-2-1-3-6-11)10-21-15-8-4-7-12(13)16(15)19/h4,7-9,11,14H,1-3,5-6,10H2/t14-/m0/s1. The van der Waals surface area contributed by atoms with E-state index in [0.717, 1.165) is 16.7 Å². The Morgan fingerprint density at radius 2 is 2.05 bits per heavy atom. The molecule has 2 aromatic rings. The Hall–Kier alpha value is -1.48. The summed E-state index contributed by atoms with van der Waals surface area (Å²) in [5.41, 5.74) is 1.63. The normalized spacial score (nSPS) is 22.2. The van der Waals surface area contributed by atoms with Crippen molar-refractivity contribution in [2.24, 2.45) is 5.92 Å². The first-order valence-electron chi connectivity index (χ1n) is 7.72. The van der Waals surface area contributed by atoms with E-state index >= 15 is 0 Å². The number of hydrogen-bond donors (Lipinski definition) is 0. The third-order valence-electron chi connectivity index (χ3n) is 4.99. The molecular formula is C17H18ClNO2. The predicted molar refractivity (Wildman–Crippen MR) is 83.2 cm³/mol. The summed E-state index contributed by atoms with van der Waals surface area (Å²) in [6, 6.07) is 6.18. The highest BCUT2D eigenvalue weighted by Crippen LogP contribution is 2.42. The summed E-state index contributed by atoms with van der Waals surface area (Å²) in [5.74, 6) is 1.50. The minimum absolute atomic E-state index is 0.326. The number of hydrogen-bond acceptors (Lipinski definition) is 2. The van der Waals surface area contributed by atoms with Gasteiger partial charge >= 0.3 is 0 Å². The van der Waals surface area contributed by atoms with E-state index in [2.05, 4.69) is 4.57 Å². The van der Waals surface area contributed by atoms with Crippen LogP contribution in [0.5, 0.6) is 5.75 Å². The number of carbonyl (C=O) groups excluding carboxylic acids is 1. The van der Waals surface area contributed by atoms with Crippen LogP contribution in [-0.4, -0.2) is 16.4 Å². The molecule has 1 aromatic heterocycles. The van der Waals surface area contributed by atoms with E-state index in [0.29, 0.717) is 24.1 Å². The zero-order valence-electron chi connectivity index (χ0n) is 11.8. The van der Waals surface area contributed by atoms with E-state index in [-0.39, 0.29) is 5.24 Å². The number of nitrogens with zero attached hydrogens (tertiary/aromatic N) is 1. The summed E-state index contributed by atoms with van der Waals surface area (Å²) in [6.45, 7) is 0.696. The lowest BCUT2D eigenvalue weighted by Gasteiger charge is -2.34. The van der Waals surface area contributed by atoms with E-state index in [1.807, 2.05) is 24.4 Å². The van der Waals surface area contributed by atoms with Gasteiger partial charge in [-0.2, -0.15) is 0 Å². The number of ether oxygens (including phenoxy) is 1. The van der Waals surface area contributed by atoms with Crippen LogP contribution in [0.3, 0.4) is 0 Å². The molecule has 0 bridgehead atoms. The lowest BCUT2D eigenvalue weighted by atomic mass is 9.83. The van der Waals surface area contributed by atoms with Crippen molar-refractivity contribution in [3.8, 4) is 5.75 Å². The molecule has 1 aromatic carbocycles. The Labute approximate surface area is 128 Å². The lowest BCUT2D eigenvalue weighted by molar-refractivity contribution is 0.108. The van der Waals surface area contributed by atoms with Crippen LogP contribution in [0.4, 0.5) is 0 Å². The molecule has 1 atom stereocenters.